The molecule has 0 N–H and O–H groups in total. The number of benzene rings is 1. The minimum Gasteiger partial charge on any atom is -0.491 e. The van der Waals surface area contributed by atoms with Gasteiger partial charge in [-0.2, -0.15) is 0 Å². The summed E-state index contributed by atoms with van der Waals surface area (Å²) in [6.45, 7) is 9.80. The molecule has 3 heteroatoms. The molecule has 17 heavy (non-hydrogen) atoms. The first-order chi connectivity index (χ1) is 7.88. The van der Waals surface area contributed by atoms with Gasteiger partial charge < -0.3 is 4.74 Å². The van der Waals surface area contributed by atoms with E-state index in [1.165, 1.54) is 0 Å². The average molecular weight is 255 g/mol. The highest BCUT2D eigenvalue weighted by molar-refractivity contribution is 6.30. The van der Waals surface area contributed by atoms with Gasteiger partial charge in [0, 0.05) is 5.56 Å². The van der Waals surface area contributed by atoms with Gasteiger partial charge in [-0.3, -0.25) is 4.79 Å². The highest BCUT2D eigenvalue weighted by Gasteiger charge is 2.16. The van der Waals surface area contributed by atoms with Gasteiger partial charge in [-0.1, -0.05) is 0 Å². The van der Waals surface area contributed by atoms with E-state index >= 15 is 0 Å². The van der Waals surface area contributed by atoms with E-state index in [0.29, 0.717) is 0 Å². The van der Waals surface area contributed by atoms with E-state index in [2.05, 4.69) is 0 Å². The van der Waals surface area contributed by atoms with Crippen molar-refractivity contribution in [1.82, 2.24) is 0 Å². The van der Waals surface area contributed by atoms with E-state index in [0.717, 1.165) is 28.0 Å². The summed E-state index contributed by atoms with van der Waals surface area (Å²) in [5.74, 6) is 0.841. The van der Waals surface area contributed by atoms with Crippen molar-refractivity contribution in [3.05, 3.63) is 28.3 Å². The first kappa shape index (κ1) is 14.0. The van der Waals surface area contributed by atoms with Crippen LogP contribution in [0.5, 0.6) is 5.75 Å². The number of rotatable bonds is 4. The van der Waals surface area contributed by atoms with Crippen molar-refractivity contribution in [2.75, 3.05) is 5.88 Å². The van der Waals surface area contributed by atoms with Crippen molar-refractivity contribution >= 4 is 17.4 Å². The zero-order chi connectivity index (χ0) is 13.2. The number of carbonyl (C=O) groups excluding carboxylic acids is 1. The lowest BCUT2D eigenvalue weighted by atomic mass is 9.95. The Hall–Kier alpha value is -1.02. The maximum absolute atomic E-state index is 11.8. The van der Waals surface area contributed by atoms with E-state index in [-0.39, 0.29) is 17.8 Å². The summed E-state index contributed by atoms with van der Waals surface area (Å²) in [6, 6.07) is 1.92. The van der Waals surface area contributed by atoms with Gasteiger partial charge in [-0.25, -0.2) is 0 Å². The Bertz CT molecular complexity index is 436. The minimum absolute atomic E-state index is 0.0193. The van der Waals surface area contributed by atoms with Crippen LogP contribution in [0.15, 0.2) is 6.07 Å². The second kappa shape index (κ2) is 5.54. The fraction of sp³-hybridized carbons (Fsp3) is 0.500. The van der Waals surface area contributed by atoms with Gasteiger partial charge in [0.25, 0.3) is 0 Å². The molecular weight excluding hydrogens is 236 g/mol. The van der Waals surface area contributed by atoms with Crippen LogP contribution < -0.4 is 4.74 Å². The van der Waals surface area contributed by atoms with Gasteiger partial charge in [0.05, 0.1) is 12.0 Å². The van der Waals surface area contributed by atoms with Crippen molar-refractivity contribution in [2.45, 2.75) is 40.7 Å². The van der Waals surface area contributed by atoms with Crippen molar-refractivity contribution in [3.63, 3.8) is 0 Å². The highest BCUT2D eigenvalue weighted by Crippen LogP contribution is 2.28. The van der Waals surface area contributed by atoms with Gasteiger partial charge in [-0.05, 0) is 57.4 Å². The molecule has 94 valence electrons. The number of carbonyl (C=O) groups is 1. The highest BCUT2D eigenvalue weighted by atomic mass is 35.5. The average Bonchev–Trinajstić information content (AvgIpc) is 2.24. The molecule has 0 fully saturated rings. The lowest BCUT2D eigenvalue weighted by molar-refractivity contribution is 0.101. The Morgan fingerprint density at radius 1 is 1.29 bits per heavy atom. The summed E-state index contributed by atoms with van der Waals surface area (Å²) in [7, 11) is 0. The van der Waals surface area contributed by atoms with Gasteiger partial charge in [0.1, 0.15) is 5.75 Å². The molecule has 0 saturated carbocycles. The normalized spacial score (nSPS) is 10.8. The minimum atomic E-state index is -0.0270. The number of alkyl halides is 1. The van der Waals surface area contributed by atoms with Crippen LogP contribution in [0.25, 0.3) is 0 Å². The van der Waals surface area contributed by atoms with Crippen LogP contribution in [0.2, 0.25) is 0 Å². The Labute approximate surface area is 108 Å². The molecule has 0 aliphatic rings. The predicted octanol–water partition coefficient (Wildman–Crippen LogP) is 3.82. The first-order valence-electron chi connectivity index (χ1n) is 5.75. The largest absolute Gasteiger partial charge is 0.491 e. The number of hydrogen-bond acceptors (Lipinski definition) is 2. The molecule has 0 aromatic heterocycles. The van der Waals surface area contributed by atoms with E-state index in [9.17, 15) is 4.79 Å². The topological polar surface area (TPSA) is 26.3 Å². The van der Waals surface area contributed by atoms with E-state index < -0.39 is 0 Å². The maximum Gasteiger partial charge on any atom is 0.178 e. The fourth-order valence-corrected chi connectivity index (χ4v) is 2.05. The Kier molecular flexibility index (Phi) is 4.58. The predicted molar refractivity (Wildman–Crippen MR) is 71.5 cm³/mol. The summed E-state index contributed by atoms with van der Waals surface area (Å²) in [5.41, 5.74) is 3.63. The quantitative estimate of drug-likeness (QED) is 0.603. The summed E-state index contributed by atoms with van der Waals surface area (Å²) >= 11 is 5.63. The Balaban J connectivity index is 3.31. The molecule has 2 nitrogen and oxygen atoms in total. The molecule has 0 saturated heterocycles. The van der Waals surface area contributed by atoms with Crippen LogP contribution in [0, 0.1) is 20.8 Å². The van der Waals surface area contributed by atoms with Crippen molar-refractivity contribution in [2.24, 2.45) is 0 Å². The third-order valence-corrected chi connectivity index (χ3v) is 3.05. The lowest BCUT2D eigenvalue weighted by Crippen LogP contribution is -2.11. The monoisotopic (exact) mass is 254 g/mol. The van der Waals surface area contributed by atoms with E-state index in [4.69, 9.17) is 16.3 Å². The zero-order valence-corrected chi connectivity index (χ0v) is 11.8. The first-order valence-corrected chi connectivity index (χ1v) is 6.28. The zero-order valence-electron chi connectivity index (χ0n) is 11.1. The van der Waals surface area contributed by atoms with Crippen molar-refractivity contribution < 1.29 is 9.53 Å². The van der Waals surface area contributed by atoms with Gasteiger partial charge >= 0.3 is 0 Å². The van der Waals surface area contributed by atoms with Gasteiger partial charge in [0.15, 0.2) is 5.78 Å². The van der Waals surface area contributed by atoms with Crippen LogP contribution in [-0.4, -0.2) is 17.8 Å². The van der Waals surface area contributed by atoms with E-state index in [1.54, 1.807) is 0 Å². The summed E-state index contributed by atoms with van der Waals surface area (Å²) < 4.78 is 5.73. The molecule has 0 unspecified atom stereocenters. The van der Waals surface area contributed by atoms with Crippen LogP contribution in [0.4, 0.5) is 0 Å². The summed E-state index contributed by atoms with van der Waals surface area (Å²) in [6.07, 6.45) is 0.127. The number of ketones is 1. The van der Waals surface area contributed by atoms with Crippen LogP contribution in [-0.2, 0) is 0 Å². The molecule has 1 rings (SSSR count). The fourth-order valence-electron chi connectivity index (χ4n) is 1.92. The molecule has 0 amide bonds. The van der Waals surface area contributed by atoms with Gasteiger partial charge in [-0.15, -0.1) is 11.6 Å². The maximum atomic E-state index is 11.8. The second-order valence-electron chi connectivity index (χ2n) is 4.54. The molecule has 0 heterocycles. The SMILES string of the molecule is Cc1cc(OC(C)C)c(C)c(C)c1C(=O)CCl. The van der Waals surface area contributed by atoms with Crippen molar-refractivity contribution in [1.29, 1.82) is 0 Å². The molecule has 1 aromatic carbocycles. The number of aryl methyl sites for hydroxylation is 1. The third kappa shape index (κ3) is 3.01. The molecule has 0 atom stereocenters. The molecule has 1 aromatic rings. The summed E-state index contributed by atoms with van der Waals surface area (Å²) in [4.78, 5) is 11.8. The number of Topliss-reactive ketones (excluding diaryl/α,β-unsaturated/α-hetero) is 1. The molecule has 0 radical (unpaired) electrons. The van der Waals surface area contributed by atoms with Gasteiger partial charge in [0.2, 0.25) is 0 Å². The number of ether oxygens (including phenoxy) is 1. The lowest BCUT2D eigenvalue weighted by Gasteiger charge is -2.18. The van der Waals surface area contributed by atoms with Crippen molar-refractivity contribution in [3.8, 4) is 5.75 Å². The second-order valence-corrected chi connectivity index (χ2v) is 4.81. The molecule has 0 aliphatic heterocycles. The number of halogens is 1. The number of hydrogen-bond donors (Lipinski definition) is 0. The summed E-state index contributed by atoms with van der Waals surface area (Å²) in [5, 5.41) is 0. The third-order valence-electron chi connectivity index (χ3n) is 2.81. The molecular formula is C14H19ClO2. The Morgan fingerprint density at radius 2 is 1.88 bits per heavy atom. The smallest absolute Gasteiger partial charge is 0.178 e. The standard InChI is InChI=1S/C14H19ClO2/c1-8(2)17-13-6-9(3)14(12(16)7-15)11(5)10(13)4/h6,8H,7H2,1-5H3. The van der Waals surface area contributed by atoms with Crippen LogP contribution in [0.3, 0.4) is 0 Å². The molecule has 0 aliphatic carbocycles. The van der Waals surface area contributed by atoms with E-state index in [1.807, 2.05) is 40.7 Å². The van der Waals surface area contributed by atoms with Crippen LogP contribution >= 0.6 is 11.6 Å². The van der Waals surface area contributed by atoms with Crippen LogP contribution in [0.1, 0.15) is 40.9 Å². The molecule has 0 bridgehead atoms. The molecule has 0 spiro atoms. The Morgan fingerprint density at radius 3 is 2.35 bits per heavy atom.